The van der Waals surface area contributed by atoms with Crippen LogP contribution in [0.4, 0.5) is 0 Å². The number of likely N-dealkylation sites (N-methyl/N-ethyl adjacent to an activating group) is 2. The highest BCUT2D eigenvalue weighted by atomic mass is 15.3. The van der Waals surface area contributed by atoms with E-state index < -0.39 is 0 Å². The van der Waals surface area contributed by atoms with Crippen molar-refractivity contribution in [1.82, 2.24) is 4.90 Å². The second kappa shape index (κ2) is 14.5. The minimum atomic E-state index is 1.19. The molecule has 0 aliphatic heterocycles. The average molecular weight is 314 g/mol. The van der Waals surface area contributed by atoms with Gasteiger partial charge in [-0.1, -0.05) is 65.2 Å². The maximum absolute atomic E-state index is 2.47. The molecule has 0 unspecified atom stereocenters. The van der Waals surface area contributed by atoms with Gasteiger partial charge >= 0.3 is 0 Å². The van der Waals surface area contributed by atoms with Crippen molar-refractivity contribution < 1.29 is 4.48 Å². The molecule has 0 atom stereocenters. The molecule has 0 aromatic rings. The summed E-state index contributed by atoms with van der Waals surface area (Å²) < 4.78 is 1.19. The molecule has 0 fully saturated rings. The Morgan fingerprint density at radius 2 is 1.09 bits per heavy atom. The molecule has 0 rings (SSSR count). The monoisotopic (exact) mass is 313 g/mol. The first-order valence-corrected chi connectivity index (χ1v) is 10.0. The maximum Gasteiger partial charge on any atom is 0.0911 e. The summed E-state index contributed by atoms with van der Waals surface area (Å²) in [7, 11) is 7.05. The second-order valence-corrected chi connectivity index (χ2v) is 7.87. The molecule has 0 aromatic carbocycles. The Morgan fingerprint density at radius 1 is 0.591 bits per heavy atom. The SMILES string of the molecule is CCCCCCCCCCCC[N+](C)(C)CCN(C)CCC. The van der Waals surface area contributed by atoms with Gasteiger partial charge in [-0.2, -0.15) is 0 Å². The zero-order chi connectivity index (χ0) is 16.7. The van der Waals surface area contributed by atoms with Crippen molar-refractivity contribution in [1.29, 1.82) is 0 Å². The van der Waals surface area contributed by atoms with Crippen molar-refractivity contribution in [3.8, 4) is 0 Å². The minimum absolute atomic E-state index is 1.19. The van der Waals surface area contributed by atoms with Crippen molar-refractivity contribution in [2.75, 3.05) is 47.3 Å². The van der Waals surface area contributed by atoms with Crippen molar-refractivity contribution in [2.45, 2.75) is 84.5 Å². The van der Waals surface area contributed by atoms with E-state index in [1.54, 1.807) is 0 Å². The van der Waals surface area contributed by atoms with Gasteiger partial charge in [-0.3, -0.25) is 0 Å². The number of unbranched alkanes of at least 4 members (excludes halogenated alkanes) is 9. The van der Waals surface area contributed by atoms with E-state index in [0.29, 0.717) is 0 Å². The second-order valence-electron chi connectivity index (χ2n) is 7.87. The predicted octanol–water partition coefficient (Wildman–Crippen LogP) is 5.33. The Bertz CT molecular complexity index is 226. The van der Waals surface area contributed by atoms with Gasteiger partial charge in [-0.05, 0) is 32.9 Å². The topological polar surface area (TPSA) is 3.24 Å². The molecule has 134 valence electrons. The van der Waals surface area contributed by atoms with Crippen LogP contribution >= 0.6 is 0 Å². The van der Waals surface area contributed by atoms with Crippen LogP contribution in [0.25, 0.3) is 0 Å². The summed E-state index contributed by atoms with van der Waals surface area (Å²) in [5, 5.41) is 0. The van der Waals surface area contributed by atoms with E-state index in [0.717, 1.165) is 0 Å². The predicted molar refractivity (Wildman–Crippen MR) is 101 cm³/mol. The van der Waals surface area contributed by atoms with Crippen LogP contribution in [0.2, 0.25) is 0 Å². The summed E-state index contributed by atoms with van der Waals surface area (Å²) in [5.74, 6) is 0. The van der Waals surface area contributed by atoms with Gasteiger partial charge in [0.2, 0.25) is 0 Å². The van der Waals surface area contributed by atoms with E-state index in [4.69, 9.17) is 0 Å². The standard InChI is InChI=1S/C20H45N2/c1-6-8-9-10-11-12-13-14-15-16-19-22(4,5)20-18-21(3)17-7-2/h6-20H2,1-5H3/q+1. The molecule has 0 aromatic heterocycles. The highest BCUT2D eigenvalue weighted by molar-refractivity contribution is 4.50. The third kappa shape index (κ3) is 14.8. The highest BCUT2D eigenvalue weighted by Gasteiger charge is 2.14. The van der Waals surface area contributed by atoms with Crippen LogP contribution in [0.5, 0.6) is 0 Å². The van der Waals surface area contributed by atoms with Crippen LogP contribution in [0, 0.1) is 0 Å². The van der Waals surface area contributed by atoms with Crippen LogP contribution in [0.3, 0.4) is 0 Å². The molecule has 0 aliphatic rings. The Balaban J connectivity index is 3.41. The molecule has 0 radical (unpaired) electrons. The normalized spacial score (nSPS) is 12.3. The zero-order valence-corrected chi connectivity index (χ0v) is 16.5. The molecular formula is C20H45N2+. The smallest absolute Gasteiger partial charge is 0.0911 e. The fraction of sp³-hybridized carbons (Fsp3) is 1.00. The number of hydrogen-bond donors (Lipinski definition) is 0. The van der Waals surface area contributed by atoms with Gasteiger partial charge in [0, 0.05) is 6.54 Å². The lowest BCUT2D eigenvalue weighted by atomic mass is 10.1. The van der Waals surface area contributed by atoms with Gasteiger partial charge in [0.25, 0.3) is 0 Å². The number of rotatable bonds is 16. The molecule has 0 N–H and O–H groups in total. The minimum Gasteiger partial charge on any atom is -0.327 e. The molecule has 2 heteroatoms. The Kier molecular flexibility index (Phi) is 14.5. The van der Waals surface area contributed by atoms with E-state index >= 15 is 0 Å². The van der Waals surface area contributed by atoms with E-state index in [1.165, 1.54) is 101 Å². The number of hydrogen-bond acceptors (Lipinski definition) is 1. The van der Waals surface area contributed by atoms with Gasteiger partial charge in [-0.25, -0.2) is 0 Å². The van der Waals surface area contributed by atoms with Gasteiger partial charge in [-0.15, -0.1) is 0 Å². The van der Waals surface area contributed by atoms with Crippen molar-refractivity contribution >= 4 is 0 Å². The molecule has 0 spiro atoms. The third-order valence-electron chi connectivity index (χ3n) is 4.81. The summed E-state index contributed by atoms with van der Waals surface area (Å²) >= 11 is 0. The third-order valence-corrected chi connectivity index (χ3v) is 4.81. The van der Waals surface area contributed by atoms with Crippen LogP contribution in [0.1, 0.15) is 84.5 Å². The van der Waals surface area contributed by atoms with Crippen LogP contribution in [-0.4, -0.2) is 56.7 Å². The highest BCUT2D eigenvalue weighted by Crippen LogP contribution is 2.11. The van der Waals surface area contributed by atoms with E-state index in [-0.39, 0.29) is 0 Å². The lowest BCUT2D eigenvalue weighted by molar-refractivity contribution is -0.890. The van der Waals surface area contributed by atoms with Gasteiger partial charge in [0.1, 0.15) is 0 Å². The number of nitrogens with zero attached hydrogens (tertiary/aromatic N) is 2. The van der Waals surface area contributed by atoms with Crippen molar-refractivity contribution in [2.24, 2.45) is 0 Å². The lowest BCUT2D eigenvalue weighted by Crippen LogP contribution is -2.45. The van der Waals surface area contributed by atoms with Crippen LogP contribution in [-0.2, 0) is 0 Å². The first-order chi connectivity index (χ1) is 10.5. The first-order valence-electron chi connectivity index (χ1n) is 10.0. The molecule has 0 bridgehead atoms. The molecule has 0 amide bonds. The van der Waals surface area contributed by atoms with Crippen LogP contribution in [0.15, 0.2) is 0 Å². The fourth-order valence-corrected chi connectivity index (χ4v) is 3.07. The van der Waals surface area contributed by atoms with Crippen molar-refractivity contribution in [3.63, 3.8) is 0 Å². The van der Waals surface area contributed by atoms with Gasteiger partial charge < -0.3 is 9.38 Å². The van der Waals surface area contributed by atoms with Gasteiger partial charge in [0.15, 0.2) is 0 Å². The lowest BCUT2D eigenvalue weighted by Gasteiger charge is -2.31. The van der Waals surface area contributed by atoms with Crippen molar-refractivity contribution in [3.05, 3.63) is 0 Å². The fourth-order valence-electron chi connectivity index (χ4n) is 3.07. The summed E-state index contributed by atoms with van der Waals surface area (Å²) in [5.41, 5.74) is 0. The van der Waals surface area contributed by atoms with Gasteiger partial charge in [0.05, 0.1) is 27.2 Å². The largest absolute Gasteiger partial charge is 0.327 e. The molecule has 2 nitrogen and oxygen atoms in total. The molecule has 0 aliphatic carbocycles. The average Bonchev–Trinajstić information content (AvgIpc) is 2.47. The van der Waals surface area contributed by atoms with E-state index in [9.17, 15) is 0 Å². The molecule has 0 saturated carbocycles. The van der Waals surface area contributed by atoms with Crippen LogP contribution < -0.4 is 0 Å². The Morgan fingerprint density at radius 3 is 1.59 bits per heavy atom. The molecular weight excluding hydrogens is 268 g/mol. The maximum atomic E-state index is 2.47. The van der Waals surface area contributed by atoms with E-state index in [2.05, 4.69) is 39.9 Å². The Labute approximate surface area is 141 Å². The van der Waals surface area contributed by atoms with E-state index in [1.807, 2.05) is 0 Å². The quantitative estimate of drug-likeness (QED) is 0.275. The first kappa shape index (κ1) is 21.9. The summed E-state index contributed by atoms with van der Waals surface area (Å²) in [4.78, 5) is 2.47. The zero-order valence-electron chi connectivity index (χ0n) is 16.5. The molecule has 0 saturated heterocycles. The Hall–Kier alpha value is -0.0800. The molecule has 0 heterocycles. The summed E-state index contributed by atoms with van der Waals surface area (Å²) in [6.07, 6.45) is 15.6. The molecule has 22 heavy (non-hydrogen) atoms. The number of quaternary nitrogens is 1. The summed E-state index contributed by atoms with van der Waals surface area (Å²) in [6.45, 7) is 9.66. The summed E-state index contributed by atoms with van der Waals surface area (Å²) in [6, 6.07) is 0.